The molecule has 3 aromatic carbocycles. The molecule has 3 saturated carbocycles. The molecule has 12 rings (SSSR count). The van der Waals surface area contributed by atoms with Crippen LogP contribution in [0.2, 0.25) is 0 Å². The first-order chi connectivity index (χ1) is 42.2. The van der Waals surface area contributed by atoms with Crippen molar-refractivity contribution in [3.05, 3.63) is 108 Å². The smallest absolute Gasteiger partial charge is 0.227 e. The zero-order chi connectivity index (χ0) is 60.8. The molecule has 87 heavy (non-hydrogen) atoms. The van der Waals surface area contributed by atoms with Gasteiger partial charge in [0, 0.05) is 84.0 Å². The van der Waals surface area contributed by atoms with Gasteiger partial charge in [-0.25, -0.2) is 0 Å². The molecule has 9 fully saturated rings. The highest BCUT2D eigenvalue weighted by Gasteiger charge is 2.53. The van der Waals surface area contributed by atoms with E-state index in [2.05, 4.69) is 26.5 Å². The van der Waals surface area contributed by atoms with E-state index in [-0.39, 0.29) is 65.6 Å². The maximum Gasteiger partial charge on any atom is 0.227 e. The molecule has 12 atom stereocenters. The molecule has 0 aromatic heterocycles. The maximum atomic E-state index is 13.2. The zero-order valence-electron chi connectivity index (χ0n) is 53.5. The van der Waals surface area contributed by atoms with Crippen molar-refractivity contribution in [3.8, 4) is 0 Å². The second-order valence-electron chi connectivity index (χ2n) is 27.5. The Kier molecular flexibility index (Phi) is 23.5. The molecular weight excluding hydrogens is 1100 g/mol. The van der Waals surface area contributed by atoms with E-state index in [1.807, 2.05) is 122 Å². The Morgan fingerprint density at radius 3 is 1.23 bits per heavy atom. The molecule has 3 aliphatic carbocycles. The highest BCUT2D eigenvalue weighted by molar-refractivity contribution is 5.80. The van der Waals surface area contributed by atoms with Crippen molar-refractivity contribution in [1.29, 1.82) is 0 Å². The first-order valence-corrected chi connectivity index (χ1v) is 33.6. The molecule has 480 valence electrons. The van der Waals surface area contributed by atoms with Crippen LogP contribution in [0, 0.1) is 5.92 Å². The van der Waals surface area contributed by atoms with Gasteiger partial charge >= 0.3 is 0 Å². The fourth-order valence-electron chi connectivity index (χ4n) is 16.7. The van der Waals surface area contributed by atoms with Crippen LogP contribution in [0.3, 0.4) is 0 Å². The summed E-state index contributed by atoms with van der Waals surface area (Å²) in [5.74, 6) is 1.30. The highest BCUT2D eigenvalue weighted by Crippen LogP contribution is 2.47. The molecule has 6 heterocycles. The summed E-state index contributed by atoms with van der Waals surface area (Å²) in [6, 6.07) is 32.1. The van der Waals surface area contributed by atoms with E-state index in [1.54, 1.807) is 7.11 Å². The topological polar surface area (TPSA) is 146 Å². The van der Waals surface area contributed by atoms with Crippen molar-refractivity contribution >= 4 is 17.7 Å². The molecule has 9 aliphatic rings. The van der Waals surface area contributed by atoms with Crippen LogP contribution in [-0.4, -0.2) is 225 Å². The lowest BCUT2D eigenvalue weighted by Crippen LogP contribution is -2.58. The first kappa shape index (κ1) is 65.6. The summed E-state index contributed by atoms with van der Waals surface area (Å²) in [4.78, 5) is 53.0. The van der Waals surface area contributed by atoms with Gasteiger partial charge in [-0.15, -0.1) is 0 Å². The number of amides is 3. The van der Waals surface area contributed by atoms with Crippen LogP contribution in [0.15, 0.2) is 91.0 Å². The van der Waals surface area contributed by atoms with Crippen molar-refractivity contribution in [2.45, 2.75) is 207 Å². The second kappa shape index (κ2) is 31.1. The van der Waals surface area contributed by atoms with E-state index < -0.39 is 0 Å². The van der Waals surface area contributed by atoms with E-state index in [4.69, 9.17) is 28.4 Å². The van der Waals surface area contributed by atoms with Crippen LogP contribution in [0.1, 0.15) is 139 Å². The van der Waals surface area contributed by atoms with E-state index in [9.17, 15) is 19.5 Å². The third kappa shape index (κ3) is 17.2. The number of carbonyl (C=O) groups excluding carboxylic acids is 3. The lowest BCUT2D eigenvalue weighted by molar-refractivity contribution is -0.137. The van der Waals surface area contributed by atoms with Gasteiger partial charge in [-0.3, -0.25) is 29.1 Å². The van der Waals surface area contributed by atoms with Crippen LogP contribution >= 0.6 is 0 Å². The molecule has 6 aliphatic heterocycles. The van der Waals surface area contributed by atoms with Gasteiger partial charge in [0.05, 0.1) is 74.7 Å². The molecule has 3 spiro atoms. The fourth-order valence-corrected chi connectivity index (χ4v) is 16.7. The number of likely N-dealkylation sites (N-methyl/N-ethyl adjacent to an activating group) is 3. The van der Waals surface area contributed by atoms with Crippen LogP contribution in [0.5, 0.6) is 0 Å². The maximum absolute atomic E-state index is 13.2. The SMILES string of the molecule is CC1CO[C@]2(CC[C@H](N(C)C(=O)Cc3ccccc3)[C@@H](N3CCCC3)C2)C1.CN(C(=O)Cc1ccccc1)[C@H]1CC[C@@]2(CC(O)CO2)C[C@@H]1N1CCCC1.COCCOCOC1CO[C@]2(CC[C@H](N(C)C(=O)Cc3ccccc3)[C@@H](N3CCCC3)C2)C1. The van der Waals surface area contributed by atoms with E-state index in [0.717, 1.165) is 120 Å². The van der Waals surface area contributed by atoms with Crippen molar-refractivity contribution in [2.75, 3.05) is 107 Å². The lowest BCUT2D eigenvalue weighted by Gasteiger charge is -2.48. The predicted molar refractivity (Wildman–Crippen MR) is 338 cm³/mol. The molecule has 3 amide bonds. The Morgan fingerprint density at radius 2 is 0.874 bits per heavy atom. The average molecular weight is 1200 g/mol. The predicted octanol–water partition coefficient (Wildman–Crippen LogP) is 8.59. The van der Waals surface area contributed by atoms with Gasteiger partial charge in [0.15, 0.2) is 0 Å². The molecular formula is C71H106N6O10. The van der Waals surface area contributed by atoms with Crippen LogP contribution < -0.4 is 0 Å². The number of hydrogen-bond acceptors (Lipinski definition) is 13. The first-order valence-electron chi connectivity index (χ1n) is 33.6. The molecule has 0 radical (unpaired) electrons. The minimum atomic E-state index is -0.335. The molecule has 3 unspecified atom stereocenters. The van der Waals surface area contributed by atoms with Gasteiger partial charge in [0.2, 0.25) is 17.7 Å². The van der Waals surface area contributed by atoms with Crippen LogP contribution in [0.4, 0.5) is 0 Å². The number of hydrogen-bond donors (Lipinski definition) is 1. The van der Waals surface area contributed by atoms with Gasteiger partial charge < -0.3 is 48.2 Å². The summed E-state index contributed by atoms with van der Waals surface area (Å²) >= 11 is 0. The Bertz CT molecular complexity index is 2480. The normalized spacial score (nSPS) is 32.7. The lowest BCUT2D eigenvalue weighted by atomic mass is 9.75. The minimum Gasteiger partial charge on any atom is -0.391 e. The van der Waals surface area contributed by atoms with Gasteiger partial charge in [-0.05, 0) is 165 Å². The summed E-state index contributed by atoms with van der Waals surface area (Å²) in [5.41, 5.74) is 2.98. The number of likely N-dealkylation sites (tertiary alicyclic amines) is 3. The standard InChI is InChI=1S/C26H40N2O5.C23H34N2O2.C22H32N2O3/c1-27(25(29)16-21-8-4-3-5-9-21)23-10-11-26(18-24(23)28-12-6-7-13-28)17-22(19-33-26)32-20-31-15-14-30-2;1-18-15-23(27-17-18)11-10-20(21(16-23)25-12-6-7-13-25)24(2)22(26)14-19-8-4-3-5-9-19;1-23(21(26)13-17-7-3-2-4-8-17)19-9-10-22(14-18(25)16-27-22)15-20(19)24-11-5-6-12-24/h3-5,8-9,22-24H,6-7,10-20H2,1-2H3;3-5,8-9,18,20-21H,6-7,10-17H2,1-2H3;2-4,7-8,18-20,25H,5-6,9-16H2,1H3/t22?,23-,24-,26+;18?,20-,21-,23+;18?,19-,20-,22+/m000/s1. The van der Waals surface area contributed by atoms with Crippen LogP contribution in [-0.2, 0) is 62.1 Å². The monoisotopic (exact) mass is 1200 g/mol. The summed E-state index contributed by atoms with van der Waals surface area (Å²) in [6.45, 7) is 12.5. The summed E-state index contributed by atoms with van der Waals surface area (Å²) in [6.07, 6.45) is 20.5. The van der Waals surface area contributed by atoms with Gasteiger partial charge in [0.1, 0.15) is 6.79 Å². The average Bonchev–Trinajstić information content (AvgIpc) is 3.33. The van der Waals surface area contributed by atoms with Crippen molar-refractivity contribution < 1.29 is 47.9 Å². The summed E-state index contributed by atoms with van der Waals surface area (Å²) < 4.78 is 35.3. The molecule has 6 saturated heterocycles. The van der Waals surface area contributed by atoms with Gasteiger partial charge in [-0.1, -0.05) is 97.9 Å². The third-order valence-electron chi connectivity index (χ3n) is 21.4. The van der Waals surface area contributed by atoms with Gasteiger partial charge in [-0.2, -0.15) is 0 Å². The Morgan fingerprint density at radius 1 is 0.506 bits per heavy atom. The number of rotatable bonds is 18. The minimum absolute atomic E-state index is 0.0620. The van der Waals surface area contributed by atoms with E-state index in [0.29, 0.717) is 75.8 Å². The Hall–Kier alpha value is -4.33. The second-order valence-corrected chi connectivity index (χ2v) is 27.5. The number of aliphatic hydroxyl groups is 1. The number of methoxy groups -OCH3 is 1. The summed E-state index contributed by atoms with van der Waals surface area (Å²) in [7, 11) is 7.66. The molecule has 3 aromatic rings. The van der Waals surface area contributed by atoms with Crippen LogP contribution in [0.25, 0.3) is 0 Å². The number of nitrogens with zero attached hydrogens (tertiary/aromatic N) is 6. The number of carbonyl (C=O) groups is 3. The molecule has 16 nitrogen and oxygen atoms in total. The number of ether oxygens (including phenoxy) is 6. The fraction of sp³-hybridized carbons (Fsp3) is 0.704. The number of benzene rings is 3. The van der Waals surface area contributed by atoms with Crippen molar-refractivity contribution in [3.63, 3.8) is 0 Å². The Labute approximate surface area is 520 Å². The highest BCUT2D eigenvalue weighted by atomic mass is 16.7. The third-order valence-corrected chi connectivity index (χ3v) is 21.4. The summed E-state index contributed by atoms with van der Waals surface area (Å²) in [5, 5.41) is 10.0. The quantitative estimate of drug-likeness (QED) is 0.0960. The van der Waals surface area contributed by atoms with Crippen molar-refractivity contribution in [2.24, 2.45) is 5.92 Å². The van der Waals surface area contributed by atoms with Gasteiger partial charge in [0.25, 0.3) is 0 Å². The van der Waals surface area contributed by atoms with E-state index >= 15 is 0 Å². The molecule has 16 heteroatoms. The number of aliphatic hydroxyl groups excluding tert-OH is 1. The van der Waals surface area contributed by atoms with E-state index in [1.165, 1.54) is 58.0 Å². The molecule has 1 N–H and O–H groups in total. The molecule has 0 bridgehead atoms. The largest absolute Gasteiger partial charge is 0.391 e. The zero-order valence-corrected chi connectivity index (χ0v) is 53.5. The Balaban J connectivity index is 0.000000145. The van der Waals surface area contributed by atoms with Crippen molar-refractivity contribution in [1.82, 2.24) is 29.4 Å².